The minimum absolute atomic E-state index is 0.164. The van der Waals surface area contributed by atoms with Gasteiger partial charge in [0.1, 0.15) is 0 Å². The molecule has 0 aromatic heterocycles. The number of rotatable bonds is 4. The number of nitrogens with zero attached hydrogens (tertiary/aromatic N) is 1. The van der Waals surface area contributed by atoms with Crippen LogP contribution in [0.15, 0.2) is 18.2 Å². The molecule has 1 aromatic rings. The van der Waals surface area contributed by atoms with E-state index in [2.05, 4.69) is 5.32 Å². The number of halogens is 2. The largest absolute Gasteiger partial charge is 0.342 e. The molecule has 1 fully saturated rings. The topological polar surface area (TPSA) is 32.3 Å². The van der Waals surface area contributed by atoms with Crippen molar-refractivity contribution in [1.82, 2.24) is 10.2 Å². The van der Waals surface area contributed by atoms with Crippen molar-refractivity contribution in [1.29, 1.82) is 0 Å². The predicted molar refractivity (Wildman–Crippen MR) is 78.8 cm³/mol. The third-order valence-corrected chi connectivity index (χ3v) is 4.21. The zero-order chi connectivity index (χ0) is 13.8. The van der Waals surface area contributed by atoms with Crippen LogP contribution in [0, 0.1) is 5.92 Å². The van der Waals surface area contributed by atoms with Crippen LogP contribution in [0.25, 0.3) is 0 Å². The molecule has 1 saturated heterocycles. The van der Waals surface area contributed by atoms with Crippen molar-refractivity contribution in [2.45, 2.75) is 12.8 Å². The number of hydrogen-bond donors (Lipinski definition) is 1. The van der Waals surface area contributed by atoms with Crippen molar-refractivity contribution in [3.8, 4) is 0 Å². The summed E-state index contributed by atoms with van der Waals surface area (Å²) in [6.07, 6.45) is 1.47. The number of benzene rings is 1. The highest BCUT2D eigenvalue weighted by Crippen LogP contribution is 2.23. The predicted octanol–water partition coefficient (Wildman–Crippen LogP) is 2.60. The maximum Gasteiger partial charge on any atom is 0.227 e. The highest BCUT2D eigenvalue weighted by atomic mass is 35.5. The van der Waals surface area contributed by atoms with Gasteiger partial charge in [-0.2, -0.15) is 0 Å². The first-order valence-corrected chi connectivity index (χ1v) is 7.22. The molecule has 0 bridgehead atoms. The molecule has 2 rings (SSSR count). The van der Waals surface area contributed by atoms with Gasteiger partial charge in [-0.25, -0.2) is 0 Å². The lowest BCUT2D eigenvalue weighted by Crippen LogP contribution is -2.31. The Labute approximate surface area is 123 Å². The van der Waals surface area contributed by atoms with Crippen LogP contribution in [-0.4, -0.2) is 37.5 Å². The van der Waals surface area contributed by atoms with E-state index in [0.717, 1.165) is 31.6 Å². The zero-order valence-corrected chi connectivity index (χ0v) is 12.5. The Balaban J connectivity index is 1.92. The van der Waals surface area contributed by atoms with Crippen LogP contribution >= 0.6 is 23.2 Å². The van der Waals surface area contributed by atoms with Crippen molar-refractivity contribution in [3.63, 3.8) is 0 Å². The summed E-state index contributed by atoms with van der Waals surface area (Å²) in [4.78, 5) is 14.1. The van der Waals surface area contributed by atoms with Gasteiger partial charge in [-0.1, -0.05) is 29.3 Å². The second-order valence-electron chi connectivity index (χ2n) is 4.98. The molecule has 104 valence electrons. The maximum atomic E-state index is 12.2. The Morgan fingerprint density at radius 1 is 1.42 bits per heavy atom. The van der Waals surface area contributed by atoms with Gasteiger partial charge in [-0.05, 0) is 43.6 Å². The van der Waals surface area contributed by atoms with Gasteiger partial charge in [0.2, 0.25) is 5.91 Å². The first-order chi connectivity index (χ1) is 9.10. The van der Waals surface area contributed by atoms with E-state index >= 15 is 0 Å². The normalized spacial score (nSPS) is 18.9. The maximum absolute atomic E-state index is 12.2. The van der Waals surface area contributed by atoms with Crippen LogP contribution in [0.2, 0.25) is 10.0 Å². The molecule has 1 aromatic carbocycles. The first-order valence-electron chi connectivity index (χ1n) is 6.46. The molecule has 19 heavy (non-hydrogen) atoms. The highest BCUT2D eigenvalue weighted by Gasteiger charge is 2.25. The minimum Gasteiger partial charge on any atom is -0.342 e. The molecule has 5 heteroatoms. The molecule has 0 unspecified atom stereocenters. The van der Waals surface area contributed by atoms with Crippen LogP contribution in [0.1, 0.15) is 12.0 Å². The second kappa shape index (κ2) is 6.60. The fourth-order valence-corrected chi connectivity index (χ4v) is 2.77. The molecule has 1 aliphatic rings. The SMILES string of the molecule is CNC[C@H]1CCN(C(=O)Cc2ccc(Cl)c(Cl)c2)C1. The molecule has 1 amide bonds. The van der Waals surface area contributed by atoms with E-state index < -0.39 is 0 Å². The molecule has 1 N–H and O–H groups in total. The number of carbonyl (C=O) groups excluding carboxylic acids is 1. The summed E-state index contributed by atoms with van der Waals surface area (Å²) in [5.74, 6) is 0.736. The van der Waals surface area contributed by atoms with E-state index in [4.69, 9.17) is 23.2 Å². The average Bonchev–Trinajstić information content (AvgIpc) is 2.83. The van der Waals surface area contributed by atoms with Crippen molar-refractivity contribution < 1.29 is 4.79 Å². The fraction of sp³-hybridized carbons (Fsp3) is 0.500. The van der Waals surface area contributed by atoms with Crippen LogP contribution in [0.5, 0.6) is 0 Å². The Bertz CT molecular complexity index is 465. The number of carbonyl (C=O) groups is 1. The summed E-state index contributed by atoms with van der Waals surface area (Å²) in [6, 6.07) is 5.36. The summed E-state index contributed by atoms with van der Waals surface area (Å²) < 4.78 is 0. The second-order valence-corrected chi connectivity index (χ2v) is 5.79. The van der Waals surface area contributed by atoms with Crippen LogP contribution < -0.4 is 5.32 Å². The van der Waals surface area contributed by atoms with Crippen molar-refractivity contribution in [3.05, 3.63) is 33.8 Å². The van der Waals surface area contributed by atoms with Crippen LogP contribution in [0.3, 0.4) is 0 Å². The third-order valence-electron chi connectivity index (χ3n) is 3.47. The molecule has 0 saturated carbocycles. The van der Waals surface area contributed by atoms with E-state index in [1.807, 2.05) is 18.0 Å². The summed E-state index contributed by atoms with van der Waals surface area (Å²) in [5, 5.41) is 4.19. The molecule has 0 aliphatic carbocycles. The molecular weight excluding hydrogens is 283 g/mol. The molecular formula is C14H18Cl2N2O. The number of nitrogens with one attached hydrogen (secondary N) is 1. The lowest BCUT2D eigenvalue weighted by Gasteiger charge is -2.16. The van der Waals surface area contributed by atoms with Gasteiger partial charge >= 0.3 is 0 Å². The number of hydrogen-bond acceptors (Lipinski definition) is 2. The van der Waals surface area contributed by atoms with Gasteiger partial charge in [0.15, 0.2) is 0 Å². The minimum atomic E-state index is 0.164. The molecule has 3 nitrogen and oxygen atoms in total. The number of likely N-dealkylation sites (tertiary alicyclic amines) is 1. The number of amides is 1. The summed E-state index contributed by atoms with van der Waals surface area (Å²) >= 11 is 11.8. The zero-order valence-electron chi connectivity index (χ0n) is 11.0. The molecule has 0 spiro atoms. The molecule has 0 radical (unpaired) electrons. The van der Waals surface area contributed by atoms with Gasteiger partial charge in [0, 0.05) is 13.1 Å². The first kappa shape index (κ1) is 14.6. The Kier molecular flexibility index (Phi) is 5.08. The molecule has 1 aliphatic heterocycles. The molecule has 1 heterocycles. The van der Waals surface area contributed by atoms with Crippen molar-refractivity contribution in [2.75, 3.05) is 26.7 Å². The van der Waals surface area contributed by atoms with Gasteiger partial charge < -0.3 is 10.2 Å². The van der Waals surface area contributed by atoms with Crippen molar-refractivity contribution >= 4 is 29.1 Å². The highest BCUT2D eigenvalue weighted by molar-refractivity contribution is 6.42. The van der Waals surface area contributed by atoms with Gasteiger partial charge in [0.05, 0.1) is 16.5 Å². The van der Waals surface area contributed by atoms with E-state index in [1.54, 1.807) is 12.1 Å². The fourth-order valence-electron chi connectivity index (χ4n) is 2.45. The van der Waals surface area contributed by atoms with E-state index in [9.17, 15) is 4.79 Å². The summed E-state index contributed by atoms with van der Waals surface area (Å²) in [5.41, 5.74) is 0.913. The quantitative estimate of drug-likeness (QED) is 0.927. The van der Waals surface area contributed by atoms with E-state index in [0.29, 0.717) is 22.4 Å². The van der Waals surface area contributed by atoms with Crippen LogP contribution in [0.4, 0.5) is 0 Å². The monoisotopic (exact) mass is 300 g/mol. The average molecular weight is 301 g/mol. The van der Waals surface area contributed by atoms with Crippen LogP contribution in [-0.2, 0) is 11.2 Å². The smallest absolute Gasteiger partial charge is 0.227 e. The summed E-state index contributed by atoms with van der Waals surface area (Å²) in [7, 11) is 1.94. The Morgan fingerprint density at radius 3 is 2.89 bits per heavy atom. The van der Waals surface area contributed by atoms with Gasteiger partial charge in [-0.15, -0.1) is 0 Å². The lowest BCUT2D eigenvalue weighted by molar-refractivity contribution is -0.129. The van der Waals surface area contributed by atoms with E-state index in [1.165, 1.54) is 0 Å². The standard InChI is InChI=1S/C14H18Cl2N2O/c1-17-8-11-4-5-18(9-11)14(19)7-10-2-3-12(15)13(16)6-10/h2-3,6,11,17H,4-5,7-9H2,1H3/t11-/m1/s1. The molecule has 1 atom stereocenters. The van der Waals surface area contributed by atoms with Gasteiger partial charge in [-0.3, -0.25) is 4.79 Å². The van der Waals surface area contributed by atoms with E-state index in [-0.39, 0.29) is 5.91 Å². The Hall–Kier alpha value is -0.770. The lowest BCUT2D eigenvalue weighted by atomic mass is 10.1. The van der Waals surface area contributed by atoms with Crippen molar-refractivity contribution in [2.24, 2.45) is 5.92 Å². The van der Waals surface area contributed by atoms with Gasteiger partial charge in [0.25, 0.3) is 0 Å². The summed E-state index contributed by atoms with van der Waals surface area (Å²) in [6.45, 7) is 2.67. The third kappa shape index (κ3) is 3.85. The Morgan fingerprint density at radius 2 is 2.21 bits per heavy atom.